The van der Waals surface area contributed by atoms with Gasteiger partial charge in [0.15, 0.2) is 0 Å². The van der Waals surface area contributed by atoms with Gasteiger partial charge in [-0.15, -0.1) is 0 Å². The van der Waals surface area contributed by atoms with Crippen LogP contribution in [0.25, 0.3) is 5.69 Å². The summed E-state index contributed by atoms with van der Waals surface area (Å²) in [5.41, 5.74) is 1.55. The predicted molar refractivity (Wildman–Crippen MR) is 95.0 cm³/mol. The maximum Gasteiger partial charge on any atom is 0.269 e. The second-order valence-electron chi connectivity index (χ2n) is 6.06. The number of carbonyl (C=O) groups excluding carboxylic acids is 1. The summed E-state index contributed by atoms with van der Waals surface area (Å²) in [6.07, 6.45) is 4.20. The van der Waals surface area contributed by atoms with Crippen LogP contribution in [0.5, 0.6) is 5.75 Å². The number of carbonyl (C=O) groups is 1. The Bertz CT molecular complexity index is 768. The van der Waals surface area contributed by atoms with Gasteiger partial charge in [0, 0.05) is 25.0 Å². The van der Waals surface area contributed by atoms with Crippen molar-refractivity contribution in [2.24, 2.45) is 0 Å². The van der Waals surface area contributed by atoms with Crippen molar-refractivity contribution in [3.8, 4) is 17.5 Å². The normalized spacial score (nSPS) is 14.2. The zero-order chi connectivity index (χ0) is 17.6. The van der Waals surface area contributed by atoms with Crippen molar-refractivity contribution in [1.29, 1.82) is 5.26 Å². The number of benzene rings is 1. The highest BCUT2D eigenvalue weighted by Crippen LogP contribution is 2.20. The van der Waals surface area contributed by atoms with Crippen LogP contribution >= 0.6 is 0 Å². The zero-order valence-corrected chi connectivity index (χ0v) is 14.4. The number of ether oxygens (including phenoxy) is 1. The second-order valence-corrected chi connectivity index (χ2v) is 6.06. The summed E-state index contributed by atoms with van der Waals surface area (Å²) in [4.78, 5) is 15.0. The molecule has 0 atom stereocenters. The first-order valence-corrected chi connectivity index (χ1v) is 8.49. The van der Waals surface area contributed by atoms with Crippen LogP contribution in [0, 0.1) is 11.3 Å². The first kappa shape index (κ1) is 17.1. The lowest BCUT2D eigenvalue weighted by atomic mass is 10.2. The van der Waals surface area contributed by atoms with Crippen LogP contribution in [0.2, 0.25) is 0 Å². The molecule has 0 saturated carbocycles. The van der Waals surface area contributed by atoms with Crippen molar-refractivity contribution in [3.05, 3.63) is 47.8 Å². The summed E-state index contributed by atoms with van der Waals surface area (Å²) >= 11 is 0. The van der Waals surface area contributed by atoms with Crippen LogP contribution in [0.4, 0.5) is 0 Å². The third-order valence-electron chi connectivity index (χ3n) is 4.48. The molecule has 1 aliphatic heterocycles. The monoisotopic (exact) mass is 338 g/mol. The maximum absolute atomic E-state index is 12.7. The number of nitrogens with zero attached hydrogens (tertiary/aromatic N) is 3. The molecule has 1 fully saturated rings. The first-order chi connectivity index (χ1) is 12.2. The lowest BCUT2D eigenvalue weighted by Gasteiger charge is -2.15. The van der Waals surface area contributed by atoms with E-state index in [2.05, 4.69) is 16.3 Å². The topological polar surface area (TPSA) is 70.3 Å². The molecule has 25 heavy (non-hydrogen) atoms. The molecule has 3 rings (SSSR count). The van der Waals surface area contributed by atoms with Crippen LogP contribution in [-0.2, 0) is 0 Å². The van der Waals surface area contributed by atoms with Crippen molar-refractivity contribution in [1.82, 2.24) is 14.8 Å². The molecule has 1 aromatic heterocycles. The Kier molecular flexibility index (Phi) is 5.36. The molecule has 1 aliphatic rings. The number of nitriles is 1. The van der Waals surface area contributed by atoms with Gasteiger partial charge in [0.2, 0.25) is 0 Å². The Hall–Kier alpha value is -2.78. The van der Waals surface area contributed by atoms with E-state index in [1.54, 1.807) is 23.9 Å². The summed E-state index contributed by atoms with van der Waals surface area (Å²) in [7, 11) is 1.61. The zero-order valence-electron chi connectivity index (χ0n) is 14.4. The molecular formula is C19H22N4O2. The molecule has 2 heterocycles. The molecular weight excluding hydrogens is 316 g/mol. The highest BCUT2D eigenvalue weighted by Gasteiger charge is 2.19. The summed E-state index contributed by atoms with van der Waals surface area (Å²) in [5.74, 6) is 0.518. The van der Waals surface area contributed by atoms with Gasteiger partial charge in [-0.2, -0.15) is 5.26 Å². The van der Waals surface area contributed by atoms with E-state index in [0.717, 1.165) is 31.1 Å². The van der Waals surface area contributed by atoms with E-state index in [9.17, 15) is 10.1 Å². The molecule has 0 bridgehead atoms. The van der Waals surface area contributed by atoms with Gasteiger partial charge in [0.05, 0.1) is 12.7 Å². The number of rotatable bonds is 6. The lowest BCUT2D eigenvalue weighted by molar-refractivity contribution is 0.0942. The van der Waals surface area contributed by atoms with E-state index >= 15 is 0 Å². The van der Waals surface area contributed by atoms with E-state index in [1.807, 2.05) is 24.3 Å². The fourth-order valence-corrected chi connectivity index (χ4v) is 3.13. The fraction of sp³-hybridized carbons (Fsp3) is 0.368. The van der Waals surface area contributed by atoms with Crippen LogP contribution in [0.1, 0.15) is 28.9 Å². The van der Waals surface area contributed by atoms with Crippen molar-refractivity contribution < 1.29 is 9.53 Å². The fourth-order valence-electron chi connectivity index (χ4n) is 3.13. The lowest BCUT2D eigenvalue weighted by Crippen LogP contribution is -2.34. The van der Waals surface area contributed by atoms with Gasteiger partial charge in [0.1, 0.15) is 17.5 Å². The van der Waals surface area contributed by atoms with E-state index in [1.165, 1.54) is 12.8 Å². The number of methoxy groups -OCH3 is 1. The van der Waals surface area contributed by atoms with Crippen LogP contribution in [0.15, 0.2) is 36.5 Å². The van der Waals surface area contributed by atoms with Crippen LogP contribution in [0.3, 0.4) is 0 Å². The van der Waals surface area contributed by atoms with Gasteiger partial charge < -0.3 is 19.5 Å². The largest absolute Gasteiger partial charge is 0.497 e. The maximum atomic E-state index is 12.7. The standard InChI is InChI=1S/C19H22N4O2/c1-25-17-6-4-16(5-7-17)23-12-8-15(14-20)18(23)19(24)21-9-13-22-10-2-3-11-22/h4-8,12H,2-3,9-11,13H2,1H3,(H,21,24). The molecule has 1 N–H and O–H groups in total. The minimum atomic E-state index is -0.225. The Labute approximate surface area is 147 Å². The third kappa shape index (κ3) is 3.83. The van der Waals surface area contributed by atoms with Gasteiger partial charge in [-0.05, 0) is 56.3 Å². The van der Waals surface area contributed by atoms with Crippen LogP contribution in [-0.4, -0.2) is 48.7 Å². The third-order valence-corrected chi connectivity index (χ3v) is 4.48. The molecule has 1 saturated heterocycles. The van der Waals surface area contributed by atoms with Crippen molar-refractivity contribution in [2.45, 2.75) is 12.8 Å². The Morgan fingerprint density at radius 3 is 2.60 bits per heavy atom. The SMILES string of the molecule is COc1ccc(-n2ccc(C#N)c2C(=O)NCCN2CCCC2)cc1. The molecule has 0 aliphatic carbocycles. The Morgan fingerprint density at radius 2 is 1.96 bits per heavy atom. The number of nitrogens with one attached hydrogen (secondary N) is 1. The molecule has 1 aromatic carbocycles. The predicted octanol–water partition coefficient (Wildman–Crippen LogP) is 2.18. The van der Waals surface area contributed by atoms with Crippen molar-refractivity contribution >= 4 is 5.91 Å². The quantitative estimate of drug-likeness (QED) is 0.876. The van der Waals surface area contributed by atoms with E-state index < -0.39 is 0 Å². The molecule has 6 heteroatoms. The summed E-state index contributed by atoms with van der Waals surface area (Å²) in [5, 5.41) is 12.3. The second kappa shape index (κ2) is 7.86. The highest BCUT2D eigenvalue weighted by atomic mass is 16.5. The van der Waals surface area contributed by atoms with Crippen molar-refractivity contribution in [3.63, 3.8) is 0 Å². The summed E-state index contributed by atoms with van der Waals surface area (Å²) in [6.45, 7) is 3.62. The van der Waals surface area contributed by atoms with Gasteiger partial charge in [-0.3, -0.25) is 4.79 Å². The number of amides is 1. The minimum absolute atomic E-state index is 0.225. The molecule has 2 aromatic rings. The number of hydrogen-bond donors (Lipinski definition) is 1. The van der Waals surface area contributed by atoms with Gasteiger partial charge in [-0.1, -0.05) is 0 Å². The van der Waals surface area contributed by atoms with E-state index in [0.29, 0.717) is 17.8 Å². The minimum Gasteiger partial charge on any atom is -0.497 e. The molecule has 0 radical (unpaired) electrons. The molecule has 130 valence electrons. The first-order valence-electron chi connectivity index (χ1n) is 8.49. The van der Waals surface area contributed by atoms with Gasteiger partial charge in [0.25, 0.3) is 5.91 Å². The Morgan fingerprint density at radius 1 is 1.24 bits per heavy atom. The molecule has 6 nitrogen and oxygen atoms in total. The average Bonchev–Trinajstić information content (AvgIpc) is 3.31. The van der Waals surface area contributed by atoms with Crippen molar-refractivity contribution in [2.75, 3.05) is 33.3 Å². The number of aromatic nitrogens is 1. The summed E-state index contributed by atoms with van der Waals surface area (Å²) < 4.78 is 6.90. The smallest absolute Gasteiger partial charge is 0.269 e. The number of hydrogen-bond acceptors (Lipinski definition) is 4. The van der Waals surface area contributed by atoms with E-state index in [-0.39, 0.29) is 5.91 Å². The number of likely N-dealkylation sites (tertiary alicyclic amines) is 1. The molecule has 1 amide bonds. The van der Waals surface area contributed by atoms with Gasteiger partial charge in [-0.25, -0.2) is 0 Å². The average molecular weight is 338 g/mol. The molecule has 0 unspecified atom stereocenters. The van der Waals surface area contributed by atoms with Crippen LogP contribution < -0.4 is 10.1 Å². The highest BCUT2D eigenvalue weighted by molar-refractivity contribution is 5.95. The summed E-state index contributed by atoms with van der Waals surface area (Å²) in [6, 6.07) is 11.2. The van der Waals surface area contributed by atoms with E-state index in [4.69, 9.17) is 4.74 Å². The van der Waals surface area contributed by atoms with Gasteiger partial charge >= 0.3 is 0 Å². The Balaban J connectivity index is 1.75. The molecule has 0 spiro atoms.